The topological polar surface area (TPSA) is 114 Å². The van der Waals surface area contributed by atoms with Crippen LogP contribution in [0.3, 0.4) is 0 Å². The molecule has 0 aliphatic rings. The van der Waals surface area contributed by atoms with Gasteiger partial charge >= 0.3 is 0 Å². The van der Waals surface area contributed by atoms with Gasteiger partial charge in [0.1, 0.15) is 24.3 Å². The molecule has 166 valence electrons. The highest BCUT2D eigenvalue weighted by atomic mass is 35.5. The molecule has 1 heterocycles. The van der Waals surface area contributed by atoms with Crippen LogP contribution < -0.4 is 14.8 Å². The van der Waals surface area contributed by atoms with Gasteiger partial charge in [-0.25, -0.2) is 13.4 Å². The molecule has 0 radical (unpaired) electrons. The maximum absolute atomic E-state index is 11.4. The van der Waals surface area contributed by atoms with Crippen LogP contribution in [0.4, 0.5) is 5.69 Å². The third-order valence-electron chi connectivity index (χ3n) is 4.32. The number of hydrogen-bond donors (Lipinski definition) is 3. The summed E-state index contributed by atoms with van der Waals surface area (Å²) in [5.41, 5.74) is 2.49. The van der Waals surface area contributed by atoms with Gasteiger partial charge in [0, 0.05) is 25.6 Å². The van der Waals surface area contributed by atoms with Crippen LogP contribution in [0.2, 0.25) is 5.02 Å². The Labute approximate surface area is 186 Å². The lowest BCUT2D eigenvalue weighted by Crippen LogP contribution is -2.26. The summed E-state index contributed by atoms with van der Waals surface area (Å²) in [6.45, 7) is 3.00. The Bertz CT molecular complexity index is 1120. The van der Waals surface area contributed by atoms with Crippen molar-refractivity contribution in [3.63, 3.8) is 0 Å². The first kappa shape index (κ1) is 23.1. The summed E-state index contributed by atoms with van der Waals surface area (Å²) in [5.74, 6) is 1.34. The number of aliphatic hydroxyl groups is 1. The van der Waals surface area contributed by atoms with Crippen molar-refractivity contribution >= 4 is 27.3 Å². The second-order valence-corrected chi connectivity index (χ2v) is 9.11. The zero-order valence-corrected chi connectivity index (χ0v) is 18.7. The maximum atomic E-state index is 11.4. The molecule has 10 heteroatoms. The zero-order chi connectivity index (χ0) is 22.4. The largest absolute Gasteiger partial charge is 0.492 e. The van der Waals surface area contributed by atoms with E-state index in [1.165, 1.54) is 6.07 Å². The van der Waals surface area contributed by atoms with Crippen LogP contribution in [0.1, 0.15) is 17.6 Å². The molecule has 0 spiro atoms. The molecule has 3 aromatic rings. The number of ether oxygens (including phenoxy) is 1. The lowest BCUT2D eigenvalue weighted by atomic mass is 10.1. The van der Waals surface area contributed by atoms with Gasteiger partial charge in [-0.2, -0.15) is 0 Å². The molecule has 0 saturated carbocycles. The van der Waals surface area contributed by atoms with Crippen LogP contribution >= 0.6 is 11.6 Å². The molecule has 3 rings (SSSR count). The van der Waals surface area contributed by atoms with Gasteiger partial charge in [-0.15, -0.1) is 0 Å². The lowest BCUT2D eigenvalue weighted by molar-refractivity contribution is 0.172. The van der Waals surface area contributed by atoms with E-state index in [0.29, 0.717) is 24.6 Å². The molecule has 0 aliphatic heterocycles. The number of sulfonamides is 1. The minimum atomic E-state index is -3.47. The molecule has 8 nitrogen and oxygen atoms in total. The number of nitrogens with zero attached hydrogens (tertiary/aromatic N) is 1. The molecule has 2 aromatic carbocycles. The van der Waals surface area contributed by atoms with E-state index >= 15 is 0 Å². The Morgan fingerprint density at radius 1 is 1.23 bits per heavy atom. The van der Waals surface area contributed by atoms with Crippen molar-refractivity contribution in [1.29, 1.82) is 0 Å². The normalized spacial score (nSPS) is 12.5. The number of benzene rings is 2. The number of oxazole rings is 1. The fourth-order valence-electron chi connectivity index (χ4n) is 2.84. The monoisotopic (exact) mass is 465 g/mol. The fourth-order valence-corrected chi connectivity index (χ4v) is 3.63. The van der Waals surface area contributed by atoms with Crippen LogP contribution in [-0.4, -0.2) is 44.5 Å². The molecular formula is C21H24ClN3O5S. The SMILES string of the molecule is Cc1nc(-c2ccc(OCCNCC(O)c3ccc(Cl)c(NS(C)(=O)=O)c3)cc2)co1. The van der Waals surface area contributed by atoms with Gasteiger partial charge in [-0.1, -0.05) is 17.7 Å². The lowest BCUT2D eigenvalue weighted by Gasteiger charge is -2.15. The number of rotatable bonds is 10. The van der Waals surface area contributed by atoms with Crippen LogP contribution in [0.5, 0.6) is 5.75 Å². The van der Waals surface area contributed by atoms with Gasteiger partial charge in [-0.3, -0.25) is 4.72 Å². The summed E-state index contributed by atoms with van der Waals surface area (Å²) in [6.07, 6.45) is 1.82. The average Bonchev–Trinajstić information content (AvgIpc) is 3.15. The van der Waals surface area contributed by atoms with E-state index in [4.69, 9.17) is 20.8 Å². The summed E-state index contributed by atoms with van der Waals surface area (Å²) in [7, 11) is -3.47. The van der Waals surface area contributed by atoms with Crippen LogP contribution in [0, 0.1) is 6.92 Å². The van der Waals surface area contributed by atoms with Crippen LogP contribution in [0.25, 0.3) is 11.3 Å². The third-order valence-corrected chi connectivity index (χ3v) is 5.25. The maximum Gasteiger partial charge on any atom is 0.229 e. The molecular weight excluding hydrogens is 442 g/mol. The highest BCUT2D eigenvalue weighted by Gasteiger charge is 2.12. The second kappa shape index (κ2) is 10.1. The molecule has 1 atom stereocenters. The zero-order valence-electron chi connectivity index (χ0n) is 17.1. The number of aryl methyl sites for hydroxylation is 1. The van der Waals surface area contributed by atoms with Crippen molar-refractivity contribution in [3.8, 4) is 17.0 Å². The fraction of sp³-hybridized carbons (Fsp3) is 0.286. The molecule has 0 aliphatic carbocycles. The molecule has 1 aromatic heterocycles. The van der Waals surface area contributed by atoms with E-state index < -0.39 is 16.1 Å². The van der Waals surface area contributed by atoms with Crippen molar-refractivity contribution in [1.82, 2.24) is 10.3 Å². The summed E-state index contributed by atoms with van der Waals surface area (Å²) < 4.78 is 36.1. The molecule has 0 bridgehead atoms. The van der Waals surface area contributed by atoms with E-state index in [9.17, 15) is 13.5 Å². The van der Waals surface area contributed by atoms with E-state index in [1.54, 1.807) is 25.3 Å². The van der Waals surface area contributed by atoms with Crippen molar-refractivity contribution in [3.05, 3.63) is 65.2 Å². The minimum Gasteiger partial charge on any atom is -0.492 e. The third kappa shape index (κ3) is 6.96. The van der Waals surface area contributed by atoms with Gasteiger partial charge in [-0.05, 0) is 42.0 Å². The first-order valence-corrected chi connectivity index (χ1v) is 11.8. The average molecular weight is 466 g/mol. The van der Waals surface area contributed by atoms with Crippen LogP contribution in [0.15, 0.2) is 53.1 Å². The first-order chi connectivity index (χ1) is 14.7. The van der Waals surface area contributed by atoms with Crippen molar-refractivity contribution < 1.29 is 22.7 Å². The standard InChI is InChI=1S/C21H24ClN3O5S/c1-14-24-20(13-30-14)15-3-6-17(7-4-15)29-10-9-23-12-21(26)16-5-8-18(22)19(11-16)25-31(2,27)28/h3-8,11,13,21,23,25-26H,9-10,12H2,1-2H3. The summed E-state index contributed by atoms with van der Waals surface area (Å²) in [5, 5.41) is 13.7. The summed E-state index contributed by atoms with van der Waals surface area (Å²) in [6, 6.07) is 12.2. The minimum absolute atomic E-state index is 0.230. The van der Waals surface area contributed by atoms with Gasteiger partial charge < -0.3 is 19.6 Å². The Hall–Kier alpha value is -2.59. The molecule has 31 heavy (non-hydrogen) atoms. The number of halogens is 1. The quantitative estimate of drug-likeness (QED) is 0.393. The molecule has 0 fully saturated rings. The molecule has 3 N–H and O–H groups in total. The van der Waals surface area contributed by atoms with Gasteiger partial charge in [0.05, 0.1) is 23.1 Å². The molecule has 0 amide bonds. The Kier molecular flexibility index (Phi) is 7.55. The van der Waals surface area contributed by atoms with E-state index in [2.05, 4.69) is 15.0 Å². The smallest absolute Gasteiger partial charge is 0.229 e. The van der Waals surface area contributed by atoms with Crippen molar-refractivity contribution in [2.45, 2.75) is 13.0 Å². The van der Waals surface area contributed by atoms with Gasteiger partial charge in [0.15, 0.2) is 5.89 Å². The Morgan fingerprint density at radius 3 is 2.61 bits per heavy atom. The number of aliphatic hydroxyl groups excluding tert-OH is 1. The number of hydrogen-bond acceptors (Lipinski definition) is 7. The predicted octanol–water partition coefficient (Wildman–Crippen LogP) is 3.38. The number of aromatic nitrogens is 1. The molecule has 0 saturated heterocycles. The predicted molar refractivity (Wildman–Crippen MR) is 120 cm³/mol. The molecule has 1 unspecified atom stereocenters. The van der Waals surface area contributed by atoms with E-state index in [0.717, 1.165) is 23.3 Å². The van der Waals surface area contributed by atoms with Gasteiger partial charge in [0.25, 0.3) is 0 Å². The van der Waals surface area contributed by atoms with Crippen molar-refractivity contribution in [2.24, 2.45) is 0 Å². The van der Waals surface area contributed by atoms with Crippen molar-refractivity contribution in [2.75, 3.05) is 30.7 Å². The summed E-state index contributed by atoms with van der Waals surface area (Å²) in [4.78, 5) is 4.28. The second-order valence-electron chi connectivity index (χ2n) is 6.96. The number of anilines is 1. The van der Waals surface area contributed by atoms with Gasteiger partial charge in [0.2, 0.25) is 10.0 Å². The highest BCUT2D eigenvalue weighted by Crippen LogP contribution is 2.26. The Morgan fingerprint density at radius 2 is 1.97 bits per heavy atom. The van der Waals surface area contributed by atoms with E-state index in [1.807, 2.05) is 24.3 Å². The summed E-state index contributed by atoms with van der Waals surface area (Å²) >= 11 is 6.01. The van der Waals surface area contributed by atoms with E-state index in [-0.39, 0.29) is 17.3 Å². The van der Waals surface area contributed by atoms with Crippen LogP contribution in [-0.2, 0) is 10.0 Å². The first-order valence-electron chi connectivity index (χ1n) is 9.52. The highest BCUT2D eigenvalue weighted by molar-refractivity contribution is 7.92. The number of nitrogens with one attached hydrogen (secondary N) is 2. The Balaban J connectivity index is 1.44.